The van der Waals surface area contributed by atoms with Crippen molar-refractivity contribution < 1.29 is 28.2 Å². The van der Waals surface area contributed by atoms with Crippen LogP contribution in [0.25, 0.3) is 11.0 Å². The zero-order valence-corrected chi connectivity index (χ0v) is 19.9. The van der Waals surface area contributed by atoms with Crippen molar-refractivity contribution >= 4 is 23.1 Å². The molecule has 0 aliphatic heterocycles. The minimum Gasteiger partial charge on any atom is -0.493 e. The smallest absolute Gasteiger partial charge is 0.271 e. The summed E-state index contributed by atoms with van der Waals surface area (Å²) >= 11 is 0. The van der Waals surface area contributed by atoms with Gasteiger partial charge in [-0.05, 0) is 54.1 Å². The molecule has 0 aliphatic rings. The number of carbonyl (C=O) groups is 1. The summed E-state index contributed by atoms with van der Waals surface area (Å²) in [6.07, 6.45) is 2.92. The molecule has 0 atom stereocenters. The van der Waals surface area contributed by atoms with Gasteiger partial charge in [0.1, 0.15) is 24.2 Å². The molecule has 0 aliphatic carbocycles. The highest BCUT2D eigenvalue weighted by Gasteiger charge is 2.16. The summed E-state index contributed by atoms with van der Waals surface area (Å²) in [6.45, 7) is 0.0748. The van der Waals surface area contributed by atoms with Gasteiger partial charge in [0.05, 0.1) is 38.5 Å². The van der Waals surface area contributed by atoms with Crippen LogP contribution in [0.1, 0.15) is 21.5 Å². The number of amides is 1. The maximum atomic E-state index is 12.6. The number of rotatable bonds is 9. The SMILES string of the molecule is COc1cc(C(=O)N/N=C/c2ccc(OCc3coc4ccccc4c3=O)cc2)cc(OC)c1OC. The van der Waals surface area contributed by atoms with Crippen molar-refractivity contribution in [2.45, 2.75) is 6.61 Å². The third-order valence-electron chi connectivity index (χ3n) is 5.33. The van der Waals surface area contributed by atoms with E-state index >= 15 is 0 Å². The Labute approximate surface area is 206 Å². The molecule has 0 radical (unpaired) electrons. The number of hydrogen-bond donors (Lipinski definition) is 1. The van der Waals surface area contributed by atoms with Crippen molar-refractivity contribution in [1.82, 2.24) is 5.43 Å². The fourth-order valence-corrected chi connectivity index (χ4v) is 3.47. The van der Waals surface area contributed by atoms with E-state index in [9.17, 15) is 9.59 Å². The van der Waals surface area contributed by atoms with Gasteiger partial charge < -0.3 is 23.4 Å². The first-order chi connectivity index (χ1) is 17.5. The first kappa shape index (κ1) is 24.3. The Balaban J connectivity index is 1.37. The number of ether oxygens (including phenoxy) is 4. The van der Waals surface area contributed by atoms with Crippen LogP contribution in [0.5, 0.6) is 23.0 Å². The lowest BCUT2D eigenvalue weighted by Gasteiger charge is -2.13. The van der Waals surface area contributed by atoms with E-state index in [1.165, 1.54) is 45.9 Å². The number of nitrogens with one attached hydrogen (secondary N) is 1. The van der Waals surface area contributed by atoms with Crippen LogP contribution in [0.2, 0.25) is 0 Å². The largest absolute Gasteiger partial charge is 0.493 e. The number of para-hydroxylation sites is 1. The minimum absolute atomic E-state index is 0.0748. The van der Waals surface area contributed by atoms with Crippen molar-refractivity contribution in [3.05, 3.63) is 93.8 Å². The minimum atomic E-state index is -0.445. The molecule has 184 valence electrons. The van der Waals surface area contributed by atoms with Gasteiger partial charge >= 0.3 is 0 Å². The molecule has 4 aromatic rings. The molecule has 1 amide bonds. The molecule has 0 saturated carbocycles. The predicted molar refractivity (Wildman–Crippen MR) is 134 cm³/mol. The van der Waals surface area contributed by atoms with E-state index in [0.29, 0.717) is 45.1 Å². The predicted octanol–water partition coefficient (Wildman–Crippen LogP) is 4.16. The number of hydrazone groups is 1. The Morgan fingerprint density at radius 3 is 2.33 bits per heavy atom. The standard InChI is InChI=1S/C27H24N2O7/c1-32-23-12-18(13-24(33-2)26(23)34-3)27(31)29-28-14-17-8-10-20(11-9-17)35-15-19-16-36-22-7-5-4-6-21(22)25(19)30/h4-14,16H,15H2,1-3H3,(H,29,31)/b28-14+. The average molecular weight is 488 g/mol. The maximum absolute atomic E-state index is 12.6. The van der Waals surface area contributed by atoms with Crippen LogP contribution in [-0.2, 0) is 6.61 Å². The van der Waals surface area contributed by atoms with E-state index in [4.69, 9.17) is 23.4 Å². The number of carbonyl (C=O) groups excluding carboxylic acids is 1. The van der Waals surface area contributed by atoms with Crippen LogP contribution in [0.4, 0.5) is 0 Å². The van der Waals surface area contributed by atoms with Gasteiger partial charge in [-0.3, -0.25) is 9.59 Å². The Morgan fingerprint density at radius 1 is 0.972 bits per heavy atom. The van der Waals surface area contributed by atoms with Crippen LogP contribution in [-0.4, -0.2) is 33.5 Å². The Bertz CT molecular complexity index is 1430. The molecule has 1 aromatic heterocycles. The Morgan fingerprint density at radius 2 is 1.67 bits per heavy atom. The topological polar surface area (TPSA) is 109 Å². The van der Waals surface area contributed by atoms with Crippen LogP contribution >= 0.6 is 0 Å². The van der Waals surface area contributed by atoms with Crippen molar-refractivity contribution in [3.63, 3.8) is 0 Å². The van der Waals surface area contributed by atoms with Gasteiger partial charge in [-0.1, -0.05) is 12.1 Å². The van der Waals surface area contributed by atoms with Gasteiger partial charge in [0.25, 0.3) is 5.91 Å². The second kappa shape index (κ2) is 11.1. The van der Waals surface area contributed by atoms with Gasteiger partial charge in [0, 0.05) is 5.56 Å². The highest BCUT2D eigenvalue weighted by molar-refractivity contribution is 5.96. The second-order valence-corrected chi connectivity index (χ2v) is 7.56. The fraction of sp³-hybridized carbons (Fsp3) is 0.148. The molecule has 0 bridgehead atoms. The fourth-order valence-electron chi connectivity index (χ4n) is 3.47. The zero-order chi connectivity index (χ0) is 25.5. The van der Waals surface area contributed by atoms with Crippen molar-refractivity contribution in [2.24, 2.45) is 5.10 Å². The number of hydrogen-bond acceptors (Lipinski definition) is 8. The highest BCUT2D eigenvalue weighted by atomic mass is 16.5. The third-order valence-corrected chi connectivity index (χ3v) is 5.33. The molecular formula is C27H24N2O7. The summed E-state index contributed by atoms with van der Waals surface area (Å²) in [4.78, 5) is 25.1. The van der Waals surface area contributed by atoms with Crippen LogP contribution in [0, 0.1) is 0 Å². The van der Waals surface area contributed by atoms with E-state index in [1.54, 1.807) is 42.5 Å². The molecule has 1 heterocycles. The lowest BCUT2D eigenvalue weighted by molar-refractivity contribution is 0.0954. The van der Waals surface area contributed by atoms with Gasteiger partial charge in [-0.25, -0.2) is 5.43 Å². The summed E-state index contributed by atoms with van der Waals surface area (Å²) in [7, 11) is 4.43. The number of nitrogens with zero attached hydrogens (tertiary/aromatic N) is 1. The summed E-state index contributed by atoms with van der Waals surface area (Å²) in [6, 6.07) is 17.2. The highest BCUT2D eigenvalue weighted by Crippen LogP contribution is 2.38. The molecule has 0 unspecified atom stereocenters. The van der Waals surface area contributed by atoms with Crippen molar-refractivity contribution in [1.29, 1.82) is 0 Å². The quantitative estimate of drug-likeness (QED) is 0.278. The van der Waals surface area contributed by atoms with Crippen molar-refractivity contribution in [2.75, 3.05) is 21.3 Å². The normalized spacial score (nSPS) is 10.9. The molecule has 0 fully saturated rings. The second-order valence-electron chi connectivity index (χ2n) is 7.56. The van der Waals surface area contributed by atoms with E-state index in [-0.39, 0.29) is 12.0 Å². The van der Waals surface area contributed by atoms with Gasteiger partial charge in [-0.15, -0.1) is 0 Å². The number of methoxy groups -OCH3 is 3. The van der Waals surface area contributed by atoms with Gasteiger partial charge in [0.15, 0.2) is 16.9 Å². The summed E-state index contributed by atoms with van der Waals surface area (Å²) in [5, 5.41) is 4.52. The van der Waals surface area contributed by atoms with Crippen LogP contribution in [0.3, 0.4) is 0 Å². The first-order valence-electron chi connectivity index (χ1n) is 10.9. The van der Waals surface area contributed by atoms with Crippen molar-refractivity contribution in [3.8, 4) is 23.0 Å². The average Bonchev–Trinajstić information content (AvgIpc) is 2.92. The molecule has 1 N–H and O–H groups in total. The molecular weight excluding hydrogens is 464 g/mol. The molecule has 9 heteroatoms. The third kappa shape index (κ3) is 5.30. The van der Waals surface area contributed by atoms with E-state index < -0.39 is 5.91 Å². The number of fused-ring (bicyclic) bond motifs is 1. The Kier molecular flexibility index (Phi) is 7.50. The summed E-state index contributed by atoms with van der Waals surface area (Å²) in [5.74, 6) is 1.25. The van der Waals surface area contributed by atoms with Crippen LogP contribution in [0.15, 0.2) is 81.2 Å². The number of benzene rings is 3. The lowest BCUT2D eigenvalue weighted by Crippen LogP contribution is -2.18. The zero-order valence-electron chi connectivity index (χ0n) is 19.9. The summed E-state index contributed by atoms with van der Waals surface area (Å²) in [5.41, 5.74) is 4.34. The van der Waals surface area contributed by atoms with E-state index in [1.807, 2.05) is 6.07 Å². The molecule has 0 spiro atoms. The first-order valence-corrected chi connectivity index (χ1v) is 10.9. The van der Waals surface area contributed by atoms with Gasteiger partial charge in [0.2, 0.25) is 5.75 Å². The van der Waals surface area contributed by atoms with Gasteiger partial charge in [-0.2, -0.15) is 5.10 Å². The monoisotopic (exact) mass is 488 g/mol. The van der Waals surface area contributed by atoms with E-state index in [2.05, 4.69) is 10.5 Å². The molecule has 36 heavy (non-hydrogen) atoms. The molecule has 0 saturated heterocycles. The summed E-state index contributed by atoms with van der Waals surface area (Å²) < 4.78 is 27.0. The molecule has 4 rings (SSSR count). The van der Waals surface area contributed by atoms with Crippen LogP contribution < -0.4 is 29.8 Å². The molecule has 9 nitrogen and oxygen atoms in total. The molecule has 3 aromatic carbocycles. The maximum Gasteiger partial charge on any atom is 0.271 e. The Hall–Kier alpha value is -4.79. The lowest BCUT2D eigenvalue weighted by atomic mass is 10.1. The van der Waals surface area contributed by atoms with E-state index in [0.717, 1.165) is 5.56 Å².